The van der Waals surface area contributed by atoms with Crippen molar-refractivity contribution >= 4 is 23.0 Å². The van der Waals surface area contributed by atoms with Gasteiger partial charge in [-0.2, -0.15) is 0 Å². The topological polar surface area (TPSA) is 124 Å². The number of halogens is 3. The van der Waals surface area contributed by atoms with Crippen molar-refractivity contribution in [2.45, 2.75) is 68.6 Å². The minimum Gasteiger partial charge on any atom is -0.772 e. The normalized spacial score (nSPS) is 19.1. The zero-order chi connectivity index (χ0) is 28.7. The molecule has 2 saturated carbocycles. The van der Waals surface area contributed by atoms with E-state index in [2.05, 4.69) is 4.90 Å². The van der Waals surface area contributed by atoms with Crippen LogP contribution >= 0.6 is 0 Å². The van der Waals surface area contributed by atoms with E-state index >= 15 is 0 Å². The van der Waals surface area contributed by atoms with Gasteiger partial charge in [0, 0.05) is 24.1 Å². The molecule has 39 heavy (non-hydrogen) atoms. The third-order valence-electron chi connectivity index (χ3n) is 7.23. The van der Waals surface area contributed by atoms with Gasteiger partial charge in [0.2, 0.25) is 0 Å². The minimum absolute atomic E-state index is 0.0185. The molecular weight excluding hydrogens is 533 g/mol. The van der Waals surface area contributed by atoms with Gasteiger partial charge in [-0.05, 0) is 98.5 Å². The molecule has 214 valence electrons. The summed E-state index contributed by atoms with van der Waals surface area (Å²) in [5.41, 5.74) is 7.36. The van der Waals surface area contributed by atoms with Crippen molar-refractivity contribution in [3.05, 3.63) is 70.3 Å². The third-order valence-corrected chi connectivity index (χ3v) is 8.24. The monoisotopic (exact) mass is 567 g/mol. The number of piperidine rings is 1. The standard InChI is InChI=1S/C23H25F3N2O.C3H6O2S.C2H4O2/c24-14-23(17-3-5-18(25)6-4-17)7-9-28(10-8-23)13-16-11-21(26)20(22(27)29)12-19(16)15-1-2-15;4-6(5)3-1-2-3;1-2(3)4/h3-6,11-12,15H,1-2,7-10,13-14H2,(H2,27,29);3H,1-2H2,(H,4,5);1H3,(H,3,4)/p-1. The first kappa shape index (κ1) is 30.8. The van der Waals surface area contributed by atoms with Gasteiger partial charge < -0.3 is 15.4 Å². The van der Waals surface area contributed by atoms with E-state index in [4.69, 9.17) is 15.6 Å². The summed E-state index contributed by atoms with van der Waals surface area (Å²) in [7, 11) is 0. The number of nitrogens with zero attached hydrogens (tertiary/aromatic N) is 1. The van der Waals surface area contributed by atoms with Gasteiger partial charge in [0.15, 0.2) is 0 Å². The van der Waals surface area contributed by atoms with Gasteiger partial charge in [-0.1, -0.05) is 23.2 Å². The highest BCUT2D eigenvalue weighted by molar-refractivity contribution is 7.80. The average molecular weight is 568 g/mol. The summed E-state index contributed by atoms with van der Waals surface area (Å²) in [5, 5.41) is 7.44. The van der Waals surface area contributed by atoms with Crippen LogP contribution in [0.3, 0.4) is 0 Å². The van der Waals surface area contributed by atoms with Crippen LogP contribution < -0.4 is 5.73 Å². The van der Waals surface area contributed by atoms with Gasteiger partial charge in [-0.25, -0.2) is 8.78 Å². The highest BCUT2D eigenvalue weighted by Gasteiger charge is 2.37. The Morgan fingerprint density at radius 2 is 1.67 bits per heavy atom. The number of hydrogen-bond donors (Lipinski definition) is 2. The molecule has 5 rings (SSSR count). The summed E-state index contributed by atoms with van der Waals surface area (Å²) in [6, 6.07) is 9.15. The second-order valence-electron chi connectivity index (χ2n) is 10.3. The van der Waals surface area contributed by atoms with E-state index in [1.165, 1.54) is 18.2 Å². The zero-order valence-corrected chi connectivity index (χ0v) is 22.7. The van der Waals surface area contributed by atoms with Gasteiger partial charge in [0.1, 0.15) is 11.6 Å². The summed E-state index contributed by atoms with van der Waals surface area (Å²) in [5.74, 6) is -2.13. The molecular formula is C28H34F3N2O5S-. The third kappa shape index (κ3) is 8.87. The van der Waals surface area contributed by atoms with E-state index in [1.54, 1.807) is 18.2 Å². The van der Waals surface area contributed by atoms with Crippen molar-refractivity contribution in [2.24, 2.45) is 5.73 Å². The molecule has 0 bridgehead atoms. The van der Waals surface area contributed by atoms with E-state index in [-0.39, 0.29) is 16.6 Å². The second kappa shape index (κ2) is 13.5. The molecule has 0 spiro atoms. The highest BCUT2D eigenvalue weighted by Crippen LogP contribution is 2.43. The molecule has 11 heteroatoms. The number of likely N-dealkylation sites (tertiary alicyclic amines) is 1. The molecule has 0 aromatic heterocycles. The van der Waals surface area contributed by atoms with E-state index in [0.29, 0.717) is 38.4 Å². The van der Waals surface area contributed by atoms with Gasteiger partial charge >= 0.3 is 0 Å². The van der Waals surface area contributed by atoms with Crippen molar-refractivity contribution in [2.75, 3.05) is 19.8 Å². The number of primary amides is 1. The van der Waals surface area contributed by atoms with Crippen LogP contribution in [-0.4, -0.2) is 55.7 Å². The smallest absolute Gasteiger partial charge is 0.300 e. The second-order valence-corrected chi connectivity index (χ2v) is 11.5. The first-order chi connectivity index (χ1) is 18.5. The maximum Gasteiger partial charge on any atom is 0.300 e. The van der Waals surface area contributed by atoms with Crippen LogP contribution in [0, 0.1) is 11.6 Å². The Balaban J connectivity index is 0.000000355. The first-order valence-corrected chi connectivity index (χ1v) is 14.0. The molecule has 2 aliphatic carbocycles. The number of alkyl halides is 1. The Morgan fingerprint density at radius 1 is 1.10 bits per heavy atom. The molecule has 1 atom stereocenters. The lowest BCUT2D eigenvalue weighted by Crippen LogP contribution is -2.43. The van der Waals surface area contributed by atoms with Crippen molar-refractivity contribution in [3.8, 4) is 0 Å². The number of benzene rings is 2. The van der Waals surface area contributed by atoms with Crippen LogP contribution in [-0.2, 0) is 27.8 Å². The number of hydrogen-bond acceptors (Lipinski definition) is 5. The van der Waals surface area contributed by atoms with Gasteiger partial charge in [-0.15, -0.1) is 0 Å². The van der Waals surface area contributed by atoms with Gasteiger partial charge in [-0.3, -0.25) is 23.1 Å². The SMILES string of the molecule is CC(=O)O.NC(=O)c1cc(C2CC2)c(CN2CCC(CF)(c3ccc(F)cc3)CC2)cc1F.O=S([O-])C1CC1. The number of carboxylic acid groups (broad SMARTS) is 1. The number of carbonyl (C=O) groups is 2. The van der Waals surface area contributed by atoms with E-state index in [9.17, 15) is 26.7 Å². The highest BCUT2D eigenvalue weighted by atomic mass is 32.2. The predicted octanol–water partition coefficient (Wildman–Crippen LogP) is 4.56. The predicted molar refractivity (Wildman–Crippen MR) is 141 cm³/mol. The average Bonchev–Trinajstić information content (AvgIpc) is 3.78. The number of carbonyl (C=O) groups excluding carboxylic acids is 1. The Bertz CT molecular complexity index is 1170. The van der Waals surface area contributed by atoms with Crippen LogP contribution in [0.15, 0.2) is 36.4 Å². The van der Waals surface area contributed by atoms with Crippen LogP contribution in [0.25, 0.3) is 0 Å². The molecule has 1 heterocycles. The zero-order valence-electron chi connectivity index (χ0n) is 21.8. The Kier molecular flexibility index (Phi) is 10.7. The van der Waals surface area contributed by atoms with E-state index in [0.717, 1.165) is 49.3 Å². The van der Waals surface area contributed by atoms with Crippen molar-refractivity contribution in [3.63, 3.8) is 0 Å². The maximum absolute atomic E-state index is 14.4. The summed E-state index contributed by atoms with van der Waals surface area (Å²) in [6.45, 7) is 2.50. The van der Waals surface area contributed by atoms with Crippen molar-refractivity contribution in [1.82, 2.24) is 4.90 Å². The lowest BCUT2D eigenvalue weighted by atomic mass is 9.74. The lowest BCUT2D eigenvalue weighted by molar-refractivity contribution is -0.134. The summed E-state index contributed by atoms with van der Waals surface area (Å²) in [4.78, 5) is 22.7. The van der Waals surface area contributed by atoms with Crippen molar-refractivity contribution < 1.29 is 36.6 Å². The Hall–Kier alpha value is -2.76. The molecule has 7 nitrogen and oxygen atoms in total. The molecule has 1 unspecified atom stereocenters. The van der Waals surface area contributed by atoms with Crippen LogP contribution in [0.2, 0.25) is 0 Å². The molecule has 1 amide bonds. The van der Waals surface area contributed by atoms with Crippen molar-refractivity contribution in [1.29, 1.82) is 0 Å². The number of nitrogens with two attached hydrogens (primary N) is 1. The van der Waals surface area contributed by atoms with Crippen LogP contribution in [0.5, 0.6) is 0 Å². The molecule has 1 aliphatic heterocycles. The fourth-order valence-corrected chi connectivity index (χ4v) is 5.20. The first-order valence-electron chi connectivity index (χ1n) is 12.9. The fraction of sp³-hybridized carbons (Fsp3) is 0.500. The summed E-state index contributed by atoms with van der Waals surface area (Å²) < 4.78 is 61.1. The lowest BCUT2D eigenvalue weighted by Gasteiger charge is -2.40. The maximum atomic E-state index is 14.4. The molecule has 3 fully saturated rings. The number of rotatable bonds is 7. The summed E-state index contributed by atoms with van der Waals surface area (Å²) >= 11 is -1.76. The largest absolute Gasteiger partial charge is 0.772 e. The number of carboxylic acids is 1. The Labute approximate surface area is 228 Å². The molecule has 1 saturated heterocycles. The molecule has 2 aromatic rings. The van der Waals surface area contributed by atoms with E-state index in [1.807, 2.05) is 0 Å². The van der Waals surface area contributed by atoms with Gasteiger partial charge in [0.05, 0.1) is 12.2 Å². The quantitative estimate of drug-likeness (QED) is 0.473. The number of amides is 1. The van der Waals surface area contributed by atoms with E-state index < -0.39 is 40.9 Å². The van der Waals surface area contributed by atoms with Gasteiger partial charge in [0.25, 0.3) is 11.9 Å². The summed E-state index contributed by atoms with van der Waals surface area (Å²) in [6.07, 6.45) is 5.08. The molecule has 2 aromatic carbocycles. The minimum atomic E-state index is -1.76. The molecule has 3 aliphatic rings. The Morgan fingerprint density at radius 3 is 2.08 bits per heavy atom. The number of aliphatic carboxylic acids is 1. The fourth-order valence-electron chi connectivity index (χ4n) is 4.67. The molecule has 0 radical (unpaired) electrons. The van der Waals surface area contributed by atoms with Crippen LogP contribution in [0.4, 0.5) is 13.2 Å². The van der Waals surface area contributed by atoms with Crippen LogP contribution in [0.1, 0.15) is 78.4 Å². The molecule has 3 N–H and O–H groups in total.